The van der Waals surface area contributed by atoms with Crippen molar-refractivity contribution in [1.29, 1.82) is 0 Å². The van der Waals surface area contributed by atoms with E-state index in [0.717, 1.165) is 18.7 Å². The highest BCUT2D eigenvalue weighted by atomic mass is 35.5. The lowest BCUT2D eigenvalue weighted by atomic mass is 9.99. The Labute approximate surface area is 135 Å². The van der Waals surface area contributed by atoms with Crippen molar-refractivity contribution in [2.24, 2.45) is 0 Å². The highest BCUT2D eigenvalue weighted by Crippen LogP contribution is 2.29. The summed E-state index contributed by atoms with van der Waals surface area (Å²) in [6, 6.07) is 6.54. The minimum Gasteiger partial charge on any atom is -0.495 e. The molecule has 1 rings (SSSR count). The van der Waals surface area contributed by atoms with Crippen molar-refractivity contribution in [2.45, 2.75) is 64.8 Å². The average molecular weight is 312 g/mol. The summed E-state index contributed by atoms with van der Waals surface area (Å²) in [5.74, 6) is 0.748. The second-order valence-corrected chi connectivity index (χ2v) is 6.01. The van der Waals surface area contributed by atoms with Gasteiger partial charge in [0.2, 0.25) is 0 Å². The molecule has 2 nitrogen and oxygen atoms in total. The summed E-state index contributed by atoms with van der Waals surface area (Å²) in [5.41, 5.74) is 1.27. The standard InChI is InChI=1S/C18H30ClNO/c1-4-6-7-8-9-10-17(20-13-5-2)15-11-12-18(21-3)16(19)14-15/h11-12,14,17,20H,4-10,13H2,1-3H3. The fraction of sp³-hybridized carbons (Fsp3) is 0.667. The quantitative estimate of drug-likeness (QED) is 0.525. The molecular weight excluding hydrogens is 282 g/mol. The molecule has 120 valence electrons. The molecule has 0 aliphatic heterocycles. The van der Waals surface area contributed by atoms with Crippen LogP contribution in [0.15, 0.2) is 18.2 Å². The second-order valence-electron chi connectivity index (χ2n) is 5.60. The minimum absolute atomic E-state index is 0.398. The van der Waals surface area contributed by atoms with Crippen molar-refractivity contribution in [2.75, 3.05) is 13.7 Å². The van der Waals surface area contributed by atoms with Crippen LogP contribution in [0.3, 0.4) is 0 Å². The Morgan fingerprint density at radius 1 is 1.10 bits per heavy atom. The third-order valence-corrected chi connectivity index (χ3v) is 4.11. The fourth-order valence-corrected chi connectivity index (χ4v) is 2.82. The predicted molar refractivity (Wildman–Crippen MR) is 92.4 cm³/mol. The van der Waals surface area contributed by atoms with E-state index in [4.69, 9.17) is 16.3 Å². The Bertz CT molecular complexity index is 395. The van der Waals surface area contributed by atoms with E-state index in [1.807, 2.05) is 12.1 Å². The molecule has 0 heterocycles. The highest BCUT2D eigenvalue weighted by molar-refractivity contribution is 6.32. The van der Waals surface area contributed by atoms with Crippen molar-refractivity contribution in [3.05, 3.63) is 28.8 Å². The van der Waals surface area contributed by atoms with E-state index in [1.54, 1.807) is 7.11 Å². The van der Waals surface area contributed by atoms with Gasteiger partial charge in [0.1, 0.15) is 5.75 Å². The predicted octanol–water partition coefficient (Wildman–Crippen LogP) is 5.75. The van der Waals surface area contributed by atoms with Crippen LogP contribution in [0.4, 0.5) is 0 Å². The molecule has 1 aromatic rings. The molecule has 0 saturated heterocycles. The van der Waals surface area contributed by atoms with Crippen molar-refractivity contribution >= 4 is 11.6 Å². The zero-order valence-corrected chi connectivity index (χ0v) is 14.5. The first-order valence-electron chi connectivity index (χ1n) is 8.29. The molecule has 0 saturated carbocycles. The average Bonchev–Trinajstić information content (AvgIpc) is 2.50. The van der Waals surface area contributed by atoms with E-state index in [2.05, 4.69) is 25.2 Å². The van der Waals surface area contributed by atoms with Gasteiger partial charge < -0.3 is 10.1 Å². The maximum absolute atomic E-state index is 6.26. The number of hydrogen-bond acceptors (Lipinski definition) is 2. The van der Waals surface area contributed by atoms with Crippen molar-refractivity contribution in [3.8, 4) is 5.75 Å². The first-order valence-corrected chi connectivity index (χ1v) is 8.67. The van der Waals surface area contributed by atoms with E-state index in [0.29, 0.717) is 11.1 Å². The van der Waals surface area contributed by atoms with Gasteiger partial charge >= 0.3 is 0 Å². The smallest absolute Gasteiger partial charge is 0.137 e. The zero-order valence-electron chi connectivity index (χ0n) is 13.8. The van der Waals surface area contributed by atoms with Crippen LogP contribution in [-0.2, 0) is 0 Å². The Hall–Kier alpha value is -0.730. The number of halogens is 1. The summed E-state index contributed by atoms with van der Waals surface area (Å²) in [4.78, 5) is 0. The first-order chi connectivity index (χ1) is 10.2. The summed E-state index contributed by atoms with van der Waals surface area (Å²) in [6.45, 7) is 5.50. The van der Waals surface area contributed by atoms with Crippen LogP contribution in [0.2, 0.25) is 5.02 Å². The first kappa shape index (κ1) is 18.3. The molecular formula is C18H30ClNO. The monoisotopic (exact) mass is 311 g/mol. The van der Waals surface area contributed by atoms with Gasteiger partial charge in [-0.3, -0.25) is 0 Å². The SMILES string of the molecule is CCCCCCCC(NCCC)c1ccc(OC)c(Cl)c1. The molecule has 0 aliphatic rings. The van der Waals surface area contributed by atoms with Gasteiger partial charge in [-0.2, -0.15) is 0 Å². The number of hydrogen-bond donors (Lipinski definition) is 1. The second kappa shape index (κ2) is 10.9. The fourth-order valence-electron chi connectivity index (χ4n) is 2.56. The molecule has 1 N–H and O–H groups in total. The van der Waals surface area contributed by atoms with E-state index in [-0.39, 0.29) is 0 Å². The van der Waals surface area contributed by atoms with Gasteiger partial charge in [0.05, 0.1) is 12.1 Å². The van der Waals surface area contributed by atoms with Crippen LogP contribution in [-0.4, -0.2) is 13.7 Å². The van der Waals surface area contributed by atoms with Crippen LogP contribution >= 0.6 is 11.6 Å². The van der Waals surface area contributed by atoms with E-state index < -0.39 is 0 Å². The van der Waals surface area contributed by atoms with Gasteiger partial charge in [0, 0.05) is 6.04 Å². The number of rotatable bonds is 11. The minimum atomic E-state index is 0.398. The lowest BCUT2D eigenvalue weighted by Crippen LogP contribution is -2.22. The van der Waals surface area contributed by atoms with Crippen LogP contribution in [0.1, 0.15) is 70.4 Å². The summed E-state index contributed by atoms with van der Waals surface area (Å²) >= 11 is 6.26. The van der Waals surface area contributed by atoms with E-state index >= 15 is 0 Å². The summed E-state index contributed by atoms with van der Waals surface area (Å²) in [7, 11) is 1.65. The maximum atomic E-state index is 6.26. The molecule has 0 aromatic heterocycles. The lowest BCUT2D eigenvalue weighted by molar-refractivity contribution is 0.414. The summed E-state index contributed by atoms with van der Waals surface area (Å²) in [5, 5.41) is 4.34. The molecule has 0 spiro atoms. The van der Waals surface area contributed by atoms with Crippen LogP contribution in [0.5, 0.6) is 5.75 Å². The van der Waals surface area contributed by atoms with Gasteiger partial charge in [-0.25, -0.2) is 0 Å². The van der Waals surface area contributed by atoms with Gasteiger partial charge in [-0.15, -0.1) is 0 Å². The number of ether oxygens (including phenoxy) is 1. The van der Waals surface area contributed by atoms with Gasteiger partial charge in [-0.05, 0) is 37.1 Å². The van der Waals surface area contributed by atoms with E-state index in [9.17, 15) is 0 Å². The molecule has 3 heteroatoms. The third kappa shape index (κ3) is 6.71. The molecule has 1 atom stereocenters. The maximum Gasteiger partial charge on any atom is 0.137 e. The van der Waals surface area contributed by atoms with E-state index in [1.165, 1.54) is 44.1 Å². The number of methoxy groups -OCH3 is 1. The summed E-state index contributed by atoms with van der Waals surface area (Å²) < 4.78 is 5.23. The topological polar surface area (TPSA) is 21.3 Å². The van der Waals surface area contributed by atoms with Crippen molar-refractivity contribution < 1.29 is 4.74 Å². The molecule has 0 radical (unpaired) electrons. The van der Waals surface area contributed by atoms with Crippen LogP contribution < -0.4 is 10.1 Å². The van der Waals surface area contributed by atoms with Gasteiger partial charge in [0.15, 0.2) is 0 Å². The number of nitrogens with one attached hydrogen (secondary N) is 1. The Morgan fingerprint density at radius 2 is 1.86 bits per heavy atom. The van der Waals surface area contributed by atoms with Gasteiger partial charge in [-0.1, -0.05) is 63.6 Å². The molecule has 21 heavy (non-hydrogen) atoms. The van der Waals surface area contributed by atoms with Crippen LogP contribution in [0, 0.1) is 0 Å². The zero-order chi connectivity index (χ0) is 15.5. The molecule has 1 unspecified atom stereocenters. The Kier molecular flexibility index (Phi) is 9.53. The highest BCUT2D eigenvalue weighted by Gasteiger charge is 2.12. The molecule has 0 amide bonds. The van der Waals surface area contributed by atoms with Crippen LogP contribution in [0.25, 0.3) is 0 Å². The number of benzene rings is 1. The molecule has 0 fully saturated rings. The third-order valence-electron chi connectivity index (χ3n) is 3.82. The number of unbranched alkanes of at least 4 members (excludes halogenated alkanes) is 4. The lowest BCUT2D eigenvalue weighted by Gasteiger charge is -2.20. The van der Waals surface area contributed by atoms with Crippen molar-refractivity contribution in [3.63, 3.8) is 0 Å². The molecule has 0 aliphatic carbocycles. The molecule has 0 bridgehead atoms. The summed E-state index contributed by atoms with van der Waals surface area (Å²) in [6.07, 6.45) is 8.91. The largest absolute Gasteiger partial charge is 0.495 e. The van der Waals surface area contributed by atoms with Crippen molar-refractivity contribution in [1.82, 2.24) is 5.32 Å². The van der Waals surface area contributed by atoms with Gasteiger partial charge in [0.25, 0.3) is 0 Å². The molecule has 1 aromatic carbocycles. The Morgan fingerprint density at radius 3 is 2.48 bits per heavy atom. The Balaban J connectivity index is 2.61. The normalized spacial score (nSPS) is 12.4.